The molecule has 0 aliphatic heterocycles. The standard InChI is InChI=1S/C18H22N2O2.ClH/c1-20(13-15-10-6-7-11-17(15)22-2)18(21)16(19)12-14-8-4-3-5-9-14;/h3-11,16H,12-13,19H2,1-2H3;1H/t16-;/m0./s1. The molecule has 0 saturated carbocycles. The van der Waals surface area contributed by atoms with E-state index in [1.807, 2.05) is 54.6 Å². The van der Waals surface area contributed by atoms with Crippen LogP contribution in [-0.2, 0) is 17.8 Å². The molecule has 5 heteroatoms. The number of nitrogens with zero attached hydrogens (tertiary/aromatic N) is 1. The zero-order valence-corrected chi connectivity index (χ0v) is 14.3. The fourth-order valence-corrected chi connectivity index (χ4v) is 2.41. The van der Waals surface area contributed by atoms with Crippen molar-refractivity contribution in [2.75, 3.05) is 14.2 Å². The first-order valence-electron chi connectivity index (χ1n) is 7.28. The van der Waals surface area contributed by atoms with Gasteiger partial charge in [-0.15, -0.1) is 12.4 Å². The molecular formula is C18H23ClN2O2. The van der Waals surface area contributed by atoms with Crippen molar-refractivity contribution in [3.63, 3.8) is 0 Å². The Hall–Kier alpha value is -2.04. The smallest absolute Gasteiger partial charge is 0.239 e. The van der Waals surface area contributed by atoms with Crippen molar-refractivity contribution in [3.05, 3.63) is 65.7 Å². The first kappa shape index (κ1) is 19.0. The fourth-order valence-electron chi connectivity index (χ4n) is 2.41. The monoisotopic (exact) mass is 334 g/mol. The Bertz CT molecular complexity index is 619. The van der Waals surface area contributed by atoms with Gasteiger partial charge >= 0.3 is 0 Å². The summed E-state index contributed by atoms with van der Waals surface area (Å²) in [6.45, 7) is 0.478. The highest BCUT2D eigenvalue weighted by atomic mass is 35.5. The lowest BCUT2D eigenvalue weighted by molar-refractivity contribution is -0.131. The quantitative estimate of drug-likeness (QED) is 0.883. The van der Waals surface area contributed by atoms with Gasteiger partial charge in [0, 0.05) is 19.2 Å². The van der Waals surface area contributed by atoms with Crippen LogP contribution in [-0.4, -0.2) is 31.0 Å². The Kier molecular flexibility index (Phi) is 7.59. The van der Waals surface area contributed by atoms with Crippen LogP contribution in [0.15, 0.2) is 54.6 Å². The largest absolute Gasteiger partial charge is 0.496 e. The number of methoxy groups -OCH3 is 1. The van der Waals surface area contributed by atoms with Gasteiger partial charge in [-0.3, -0.25) is 4.79 Å². The Balaban J connectivity index is 0.00000264. The number of benzene rings is 2. The van der Waals surface area contributed by atoms with Gasteiger partial charge in [-0.1, -0.05) is 48.5 Å². The molecular weight excluding hydrogens is 312 g/mol. The molecule has 0 aliphatic rings. The summed E-state index contributed by atoms with van der Waals surface area (Å²) < 4.78 is 5.31. The zero-order chi connectivity index (χ0) is 15.9. The van der Waals surface area contributed by atoms with E-state index in [0.717, 1.165) is 16.9 Å². The van der Waals surface area contributed by atoms with Gasteiger partial charge in [0.1, 0.15) is 5.75 Å². The number of halogens is 1. The van der Waals surface area contributed by atoms with Crippen molar-refractivity contribution in [2.24, 2.45) is 5.73 Å². The average Bonchev–Trinajstić information content (AvgIpc) is 2.55. The van der Waals surface area contributed by atoms with E-state index in [0.29, 0.717) is 13.0 Å². The van der Waals surface area contributed by atoms with Crippen molar-refractivity contribution in [1.82, 2.24) is 4.90 Å². The lowest BCUT2D eigenvalue weighted by Crippen LogP contribution is -2.42. The molecule has 2 aromatic carbocycles. The van der Waals surface area contributed by atoms with Crippen molar-refractivity contribution in [3.8, 4) is 5.75 Å². The van der Waals surface area contributed by atoms with E-state index in [1.54, 1.807) is 19.1 Å². The number of rotatable bonds is 6. The highest BCUT2D eigenvalue weighted by Crippen LogP contribution is 2.19. The highest BCUT2D eigenvalue weighted by Gasteiger charge is 2.19. The minimum Gasteiger partial charge on any atom is -0.496 e. The first-order chi connectivity index (χ1) is 10.6. The molecule has 124 valence electrons. The third-order valence-corrected chi connectivity index (χ3v) is 3.59. The number of carbonyl (C=O) groups excluding carboxylic acids is 1. The number of carbonyl (C=O) groups is 1. The van der Waals surface area contributed by atoms with E-state index in [1.165, 1.54) is 0 Å². The van der Waals surface area contributed by atoms with Crippen LogP contribution in [0.2, 0.25) is 0 Å². The summed E-state index contributed by atoms with van der Waals surface area (Å²) in [6, 6.07) is 16.9. The van der Waals surface area contributed by atoms with E-state index in [9.17, 15) is 4.79 Å². The summed E-state index contributed by atoms with van der Waals surface area (Å²) >= 11 is 0. The molecule has 2 rings (SSSR count). The van der Waals surface area contributed by atoms with Crippen LogP contribution in [0, 0.1) is 0 Å². The van der Waals surface area contributed by atoms with E-state index in [2.05, 4.69) is 0 Å². The SMILES string of the molecule is COc1ccccc1CN(C)C(=O)[C@@H](N)Cc1ccccc1.Cl. The molecule has 1 atom stereocenters. The number of likely N-dealkylation sites (N-methyl/N-ethyl adjacent to an activating group) is 1. The molecule has 23 heavy (non-hydrogen) atoms. The van der Waals surface area contributed by atoms with E-state index >= 15 is 0 Å². The minimum absolute atomic E-state index is 0. The molecule has 2 aromatic rings. The van der Waals surface area contributed by atoms with Crippen molar-refractivity contribution >= 4 is 18.3 Å². The second-order valence-electron chi connectivity index (χ2n) is 5.30. The highest BCUT2D eigenvalue weighted by molar-refractivity contribution is 5.85. The predicted octanol–water partition coefficient (Wildman–Crippen LogP) is 2.65. The van der Waals surface area contributed by atoms with Crippen LogP contribution >= 0.6 is 12.4 Å². The Labute approximate surface area is 143 Å². The van der Waals surface area contributed by atoms with Crippen LogP contribution < -0.4 is 10.5 Å². The number of hydrogen-bond donors (Lipinski definition) is 1. The Morgan fingerprint density at radius 2 is 1.74 bits per heavy atom. The molecule has 0 unspecified atom stereocenters. The van der Waals surface area contributed by atoms with Gasteiger partial charge in [0.2, 0.25) is 5.91 Å². The van der Waals surface area contributed by atoms with Gasteiger partial charge < -0.3 is 15.4 Å². The predicted molar refractivity (Wildman–Crippen MR) is 94.8 cm³/mol. The third kappa shape index (κ3) is 5.27. The number of ether oxygens (including phenoxy) is 1. The van der Waals surface area contributed by atoms with Crippen molar-refractivity contribution in [1.29, 1.82) is 0 Å². The number of hydrogen-bond acceptors (Lipinski definition) is 3. The second-order valence-corrected chi connectivity index (χ2v) is 5.30. The number of nitrogens with two attached hydrogens (primary N) is 1. The summed E-state index contributed by atoms with van der Waals surface area (Å²) in [5, 5.41) is 0. The molecule has 0 aliphatic carbocycles. The topological polar surface area (TPSA) is 55.6 Å². The van der Waals surface area contributed by atoms with Gasteiger partial charge in [0.15, 0.2) is 0 Å². The van der Waals surface area contributed by atoms with Gasteiger partial charge in [-0.05, 0) is 18.1 Å². The third-order valence-electron chi connectivity index (χ3n) is 3.59. The number of amides is 1. The lowest BCUT2D eigenvalue weighted by atomic mass is 10.1. The Morgan fingerprint density at radius 1 is 1.13 bits per heavy atom. The van der Waals surface area contributed by atoms with Gasteiger partial charge in [0.05, 0.1) is 13.2 Å². The van der Waals surface area contributed by atoms with Crippen LogP contribution in [0.1, 0.15) is 11.1 Å². The molecule has 0 radical (unpaired) electrons. The molecule has 0 heterocycles. The van der Waals surface area contributed by atoms with Gasteiger partial charge in [-0.25, -0.2) is 0 Å². The Morgan fingerprint density at radius 3 is 2.39 bits per heavy atom. The number of para-hydroxylation sites is 1. The maximum absolute atomic E-state index is 12.4. The summed E-state index contributed by atoms with van der Waals surface area (Å²) in [4.78, 5) is 14.1. The molecule has 0 aromatic heterocycles. The summed E-state index contributed by atoms with van der Waals surface area (Å²) in [5.74, 6) is 0.702. The van der Waals surface area contributed by atoms with Crippen molar-refractivity contribution in [2.45, 2.75) is 19.0 Å². The maximum atomic E-state index is 12.4. The fraction of sp³-hybridized carbons (Fsp3) is 0.278. The van der Waals surface area contributed by atoms with E-state index < -0.39 is 6.04 Å². The molecule has 1 amide bonds. The van der Waals surface area contributed by atoms with E-state index in [4.69, 9.17) is 10.5 Å². The molecule has 0 saturated heterocycles. The first-order valence-corrected chi connectivity index (χ1v) is 7.28. The summed E-state index contributed by atoms with van der Waals surface area (Å²) in [7, 11) is 3.39. The summed E-state index contributed by atoms with van der Waals surface area (Å²) in [5.41, 5.74) is 8.08. The lowest BCUT2D eigenvalue weighted by Gasteiger charge is -2.22. The second kappa shape index (κ2) is 9.18. The van der Waals surface area contributed by atoms with Crippen LogP contribution in [0.5, 0.6) is 5.75 Å². The van der Waals surface area contributed by atoms with Gasteiger partial charge in [0.25, 0.3) is 0 Å². The average molecular weight is 335 g/mol. The van der Waals surface area contributed by atoms with Crippen LogP contribution in [0.3, 0.4) is 0 Å². The van der Waals surface area contributed by atoms with Crippen molar-refractivity contribution < 1.29 is 9.53 Å². The minimum atomic E-state index is -0.540. The van der Waals surface area contributed by atoms with Gasteiger partial charge in [-0.2, -0.15) is 0 Å². The summed E-state index contributed by atoms with van der Waals surface area (Å²) in [6.07, 6.45) is 0.538. The van der Waals surface area contributed by atoms with Crippen LogP contribution in [0.25, 0.3) is 0 Å². The zero-order valence-electron chi connectivity index (χ0n) is 13.4. The molecule has 0 fully saturated rings. The molecule has 0 bridgehead atoms. The van der Waals surface area contributed by atoms with Crippen LogP contribution in [0.4, 0.5) is 0 Å². The molecule has 4 nitrogen and oxygen atoms in total. The molecule has 0 spiro atoms. The molecule has 2 N–H and O–H groups in total. The maximum Gasteiger partial charge on any atom is 0.239 e. The normalized spacial score (nSPS) is 11.3. The van der Waals surface area contributed by atoms with E-state index in [-0.39, 0.29) is 18.3 Å².